The van der Waals surface area contributed by atoms with Crippen LogP contribution >= 0.6 is 11.3 Å². The fraction of sp³-hybridized carbons (Fsp3) is 0.727. The molecule has 0 saturated carbocycles. The van der Waals surface area contributed by atoms with Gasteiger partial charge in [0.2, 0.25) is 0 Å². The highest BCUT2D eigenvalue weighted by molar-refractivity contribution is 7.11. The molecule has 1 aromatic rings. The van der Waals surface area contributed by atoms with Gasteiger partial charge in [-0.1, -0.05) is 0 Å². The highest BCUT2D eigenvalue weighted by Crippen LogP contribution is 2.18. The maximum atomic E-state index is 5.51. The number of rotatable bonds is 3. The van der Waals surface area contributed by atoms with E-state index in [0.717, 1.165) is 30.3 Å². The molecule has 1 aliphatic rings. The van der Waals surface area contributed by atoms with Crippen molar-refractivity contribution in [3.63, 3.8) is 0 Å². The molecule has 4 heteroatoms. The summed E-state index contributed by atoms with van der Waals surface area (Å²) in [5.74, 6) is 0. The monoisotopic (exact) mass is 226 g/mol. The number of hydrogen-bond acceptors (Lipinski definition) is 4. The molecule has 1 aromatic heterocycles. The van der Waals surface area contributed by atoms with Crippen molar-refractivity contribution in [1.29, 1.82) is 0 Å². The van der Waals surface area contributed by atoms with Crippen molar-refractivity contribution in [3.05, 3.63) is 15.6 Å². The minimum Gasteiger partial charge on any atom is -0.377 e. The number of hydrogen-bond donors (Lipinski definition) is 1. The van der Waals surface area contributed by atoms with Gasteiger partial charge in [-0.3, -0.25) is 0 Å². The van der Waals surface area contributed by atoms with Crippen molar-refractivity contribution in [2.75, 3.05) is 6.61 Å². The summed E-state index contributed by atoms with van der Waals surface area (Å²) in [5.41, 5.74) is 1.16. The quantitative estimate of drug-likeness (QED) is 0.856. The lowest BCUT2D eigenvalue weighted by molar-refractivity contribution is 0.113. The molecule has 0 spiro atoms. The Hall–Kier alpha value is -0.450. The van der Waals surface area contributed by atoms with E-state index in [1.54, 1.807) is 11.3 Å². The summed E-state index contributed by atoms with van der Waals surface area (Å²) in [4.78, 5) is 5.78. The zero-order chi connectivity index (χ0) is 10.8. The molecule has 2 unspecified atom stereocenters. The van der Waals surface area contributed by atoms with E-state index in [2.05, 4.69) is 31.1 Å². The van der Waals surface area contributed by atoms with E-state index in [1.807, 2.05) is 0 Å². The number of nitrogens with zero attached hydrogens (tertiary/aromatic N) is 1. The molecule has 1 fully saturated rings. The van der Waals surface area contributed by atoms with Gasteiger partial charge in [-0.2, -0.15) is 0 Å². The summed E-state index contributed by atoms with van der Waals surface area (Å²) in [6.45, 7) is 8.09. The van der Waals surface area contributed by atoms with Crippen LogP contribution in [0, 0.1) is 13.8 Å². The van der Waals surface area contributed by atoms with E-state index < -0.39 is 0 Å². The van der Waals surface area contributed by atoms with Crippen molar-refractivity contribution in [1.82, 2.24) is 10.3 Å². The molecular formula is C11H18N2OS. The molecule has 0 amide bonds. The number of nitrogens with one attached hydrogen (secondary N) is 1. The summed E-state index contributed by atoms with van der Waals surface area (Å²) in [6.07, 6.45) is 1.47. The van der Waals surface area contributed by atoms with Gasteiger partial charge < -0.3 is 10.1 Å². The minimum atomic E-state index is 0.347. The van der Waals surface area contributed by atoms with Crippen molar-refractivity contribution < 1.29 is 4.74 Å². The summed E-state index contributed by atoms with van der Waals surface area (Å²) < 4.78 is 5.51. The van der Waals surface area contributed by atoms with E-state index in [-0.39, 0.29) is 0 Å². The molecule has 84 valence electrons. The maximum absolute atomic E-state index is 5.51. The van der Waals surface area contributed by atoms with Gasteiger partial charge in [0.25, 0.3) is 0 Å². The van der Waals surface area contributed by atoms with Crippen LogP contribution in [-0.4, -0.2) is 23.7 Å². The van der Waals surface area contributed by atoms with Crippen molar-refractivity contribution in [2.24, 2.45) is 0 Å². The Balaban J connectivity index is 1.90. The first-order valence-corrected chi connectivity index (χ1v) is 6.26. The Kier molecular flexibility index (Phi) is 3.38. The van der Waals surface area contributed by atoms with E-state index in [9.17, 15) is 0 Å². The molecule has 0 aliphatic carbocycles. The molecule has 0 aromatic carbocycles. The van der Waals surface area contributed by atoms with Crippen LogP contribution in [-0.2, 0) is 11.3 Å². The SMILES string of the molecule is Cc1nc(C)c(CNC2CCOC2C)s1. The van der Waals surface area contributed by atoms with Crippen LogP contribution in [0.2, 0.25) is 0 Å². The van der Waals surface area contributed by atoms with Crippen molar-refractivity contribution in [2.45, 2.75) is 45.9 Å². The molecule has 0 bridgehead atoms. The smallest absolute Gasteiger partial charge is 0.0900 e. The summed E-state index contributed by atoms with van der Waals surface area (Å²) in [6, 6.07) is 0.506. The second-order valence-electron chi connectivity index (χ2n) is 4.09. The first-order valence-electron chi connectivity index (χ1n) is 5.44. The molecule has 2 rings (SSSR count). The first-order chi connectivity index (χ1) is 7.16. The van der Waals surface area contributed by atoms with Crippen LogP contribution in [0.15, 0.2) is 0 Å². The molecular weight excluding hydrogens is 208 g/mol. The Morgan fingerprint density at radius 3 is 2.87 bits per heavy atom. The highest BCUT2D eigenvalue weighted by atomic mass is 32.1. The molecule has 1 saturated heterocycles. The average molecular weight is 226 g/mol. The molecule has 2 atom stereocenters. The summed E-state index contributed by atoms with van der Waals surface area (Å²) in [5, 5.41) is 4.70. The van der Waals surface area contributed by atoms with E-state index in [0.29, 0.717) is 12.1 Å². The van der Waals surface area contributed by atoms with Crippen LogP contribution in [0.3, 0.4) is 0 Å². The molecule has 1 N–H and O–H groups in total. The van der Waals surface area contributed by atoms with Gasteiger partial charge >= 0.3 is 0 Å². The van der Waals surface area contributed by atoms with E-state index in [1.165, 1.54) is 4.88 Å². The lowest BCUT2D eigenvalue weighted by Gasteiger charge is -2.15. The summed E-state index contributed by atoms with van der Waals surface area (Å²) in [7, 11) is 0. The fourth-order valence-electron chi connectivity index (χ4n) is 1.96. The topological polar surface area (TPSA) is 34.2 Å². The molecule has 2 heterocycles. The highest BCUT2D eigenvalue weighted by Gasteiger charge is 2.23. The van der Waals surface area contributed by atoms with Gasteiger partial charge in [-0.15, -0.1) is 11.3 Å². The zero-order valence-corrected chi connectivity index (χ0v) is 10.4. The maximum Gasteiger partial charge on any atom is 0.0900 e. The minimum absolute atomic E-state index is 0.347. The Morgan fingerprint density at radius 1 is 1.53 bits per heavy atom. The molecule has 3 nitrogen and oxygen atoms in total. The third-order valence-corrected chi connectivity index (χ3v) is 3.97. The van der Waals surface area contributed by atoms with Gasteiger partial charge in [0.1, 0.15) is 0 Å². The van der Waals surface area contributed by atoms with Gasteiger partial charge in [0, 0.05) is 24.1 Å². The van der Waals surface area contributed by atoms with Crippen LogP contribution in [0.4, 0.5) is 0 Å². The normalized spacial score (nSPS) is 26.1. The van der Waals surface area contributed by atoms with E-state index in [4.69, 9.17) is 4.74 Å². The average Bonchev–Trinajstić information content (AvgIpc) is 2.70. The predicted octanol–water partition coefficient (Wildman–Crippen LogP) is 2.03. The van der Waals surface area contributed by atoms with Crippen molar-refractivity contribution >= 4 is 11.3 Å². The van der Waals surface area contributed by atoms with Crippen LogP contribution in [0.5, 0.6) is 0 Å². The number of thiazole rings is 1. The van der Waals surface area contributed by atoms with Gasteiger partial charge in [0.05, 0.1) is 16.8 Å². The van der Waals surface area contributed by atoms with Gasteiger partial charge in [0.15, 0.2) is 0 Å². The Morgan fingerprint density at radius 2 is 2.33 bits per heavy atom. The third-order valence-electron chi connectivity index (χ3n) is 2.90. The van der Waals surface area contributed by atoms with Crippen LogP contribution in [0.1, 0.15) is 28.9 Å². The van der Waals surface area contributed by atoms with Crippen molar-refractivity contribution in [3.8, 4) is 0 Å². The third kappa shape index (κ3) is 2.56. The van der Waals surface area contributed by atoms with Gasteiger partial charge in [-0.05, 0) is 27.2 Å². The lowest BCUT2D eigenvalue weighted by atomic mass is 10.1. The van der Waals surface area contributed by atoms with Crippen LogP contribution in [0.25, 0.3) is 0 Å². The number of aryl methyl sites for hydroxylation is 2. The lowest BCUT2D eigenvalue weighted by Crippen LogP contribution is -2.34. The molecule has 1 aliphatic heterocycles. The molecule has 15 heavy (non-hydrogen) atoms. The molecule has 0 radical (unpaired) electrons. The standard InChI is InChI=1S/C11H18N2OS/c1-7-11(15-9(3)13-7)6-12-10-4-5-14-8(10)2/h8,10,12H,4-6H2,1-3H3. The zero-order valence-electron chi connectivity index (χ0n) is 9.54. The Labute approximate surface area is 94.9 Å². The largest absolute Gasteiger partial charge is 0.377 e. The van der Waals surface area contributed by atoms with Gasteiger partial charge in [-0.25, -0.2) is 4.98 Å². The predicted molar refractivity (Wildman–Crippen MR) is 62.2 cm³/mol. The number of aromatic nitrogens is 1. The summed E-state index contributed by atoms with van der Waals surface area (Å²) >= 11 is 1.78. The Bertz CT molecular complexity index is 337. The van der Waals surface area contributed by atoms with Crippen LogP contribution < -0.4 is 5.32 Å². The van der Waals surface area contributed by atoms with E-state index >= 15 is 0 Å². The second-order valence-corrected chi connectivity index (χ2v) is 5.38. The first kappa shape index (κ1) is 11.0. The number of ether oxygens (including phenoxy) is 1. The second kappa shape index (κ2) is 4.60. The fourth-order valence-corrected chi connectivity index (χ4v) is 2.85.